The first kappa shape index (κ1) is 10.4. The normalized spacial score (nSPS) is 41.8. The second kappa shape index (κ2) is 3.56. The van der Waals surface area contributed by atoms with Gasteiger partial charge in [-0.05, 0) is 0 Å². The van der Waals surface area contributed by atoms with Gasteiger partial charge in [0.25, 0.3) is 0 Å². The topological polar surface area (TPSA) is 127 Å². The fraction of sp³-hybridized carbons (Fsp3) is 0.833. The lowest BCUT2D eigenvalue weighted by molar-refractivity contribution is -0.170. The van der Waals surface area contributed by atoms with Gasteiger partial charge in [-0.3, -0.25) is 0 Å². The van der Waals surface area contributed by atoms with E-state index in [2.05, 4.69) is 4.74 Å². The summed E-state index contributed by atoms with van der Waals surface area (Å²) in [6.45, 7) is 0. The lowest BCUT2D eigenvalue weighted by atomic mass is 10.1. The van der Waals surface area contributed by atoms with Crippen molar-refractivity contribution in [3.05, 3.63) is 0 Å². The molecule has 0 aliphatic carbocycles. The summed E-state index contributed by atoms with van der Waals surface area (Å²) in [6, 6.07) is 0. The lowest BCUT2D eigenvalue weighted by Crippen LogP contribution is -2.42. The van der Waals surface area contributed by atoms with Crippen LogP contribution in [-0.2, 0) is 9.53 Å². The number of aliphatic carboxylic acids is 1. The van der Waals surface area contributed by atoms with E-state index in [1.54, 1.807) is 0 Å². The summed E-state index contributed by atoms with van der Waals surface area (Å²) < 4.78 is 4.43. The molecule has 0 unspecified atom stereocenters. The summed E-state index contributed by atoms with van der Waals surface area (Å²) in [6.07, 6.45) is -8.36. The van der Waals surface area contributed by atoms with Gasteiger partial charge in [0.05, 0.1) is 0 Å². The Morgan fingerprint density at radius 1 is 1.23 bits per heavy atom. The number of hydrogen-bond donors (Lipinski definition) is 5. The Balaban J connectivity index is 2.68. The maximum absolute atomic E-state index is 10.2. The van der Waals surface area contributed by atoms with Crippen molar-refractivity contribution in [2.75, 3.05) is 0 Å². The first-order valence-corrected chi connectivity index (χ1v) is 3.55. The minimum Gasteiger partial charge on any atom is -0.479 e. The van der Waals surface area contributed by atoms with Crippen LogP contribution in [0.3, 0.4) is 0 Å². The maximum Gasteiger partial charge on any atom is 0.335 e. The summed E-state index contributed by atoms with van der Waals surface area (Å²) in [5, 5.41) is 44.1. The molecule has 5 atom stereocenters. The van der Waals surface area contributed by atoms with Crippen LogP contribution in [0.1, 0.15) is 0 Å². The molecule has 1 aliphatic rings. The maximum atomic E-state index is 10.2. The molecular weight excluding hydrogens is 184 g/mol. The van der Waals surface area contributed by atoms with Gasteiger partial charge < -0.3 is 30.3 Å². The summed E-state index contributed by atoms with van der Waals surface area (Å²) in [5.41, 5.74) is 0. The molecule has 0 aromatic heterocycles. The highest BCUT2D eigenvalue weighted by atomic mass is 16.6. The quantitative estimate of drug-likeness (QED) is 0.314. The minimum atomic E-state index is -1.97. The first-order valence-electron chi connectivity index (χ1n) is 3.55. The molecule has 76 valence electrons. The van der Waals surface area contributed by atoms with Crippen LogP contribution in [-0.4, -0.2) is 62.2 Å². The molecule has 1 aliphatic heterocycles. The van der Waals surface area contributed by atoms with Crippen LogP contribution in [0.25, 0.3) is 0 Å². The summed E-state index contributed by atoms with van der Waals surface area (Å²) in [7, 11) is 0. The molecule has 0 aromatic rings. The van der Waals surface area contributed by atoms with Gasteiger partial charge in [0, 0.05) is 0 Å². The molecule has 1 fully saturated rings. The molecule has 1 rings (SSSR count). The highest BCUT2D eigenvalue weighted by Crippen LogP contribution is 2.22. The van der Waals surface area contributed by atoms with E-state index in [4.69, 9.17) is 25.5 Å². The average molecular weight is 194 g/mol. The molecule has 0 spiro atoms. The van der Waals surface area contributed by atoms with Crippen molar-refractivity contribution in [1.29, 1.82) is 0 Å². The van der Waals surface area contributed by atoms with E-state index in [0.717, 1.165) is 0 Å². The van der Waals surface area contributed by atoms with Gasteiger partial charge in [0.1, 0.15) is 18.3 Å². The van der Waals surface area contributed by atoms with Gasteiger partial charge in [-0.1, -0.05) is 0 Å². The number of aliphatic hydroxyl groups is 4. The van der Waals surface area contributed by atoms with Crippen LogP contribution in [0.5, 0.6) is 0 Å². The lowest BCUT2D eigenvalue weighted by Gasteiger charge is -2.16. The van der Waals surface area contributed by atoms with Crippen molar-refractivity contribution in [2.24, 2.45) is 0 Å². The van der Waals surface area contributed by atoms with E-state index in [9.17, 15) is 4.79 Å². The molecule has 0 bridgehead atoms. The van der Waals surface area contributed by atoms with Gasteiger partial charge in [-0.2, -0.15) is 0 Å². The first-order chi connectivity index (χ1) is 5.95. The molecule has 0 saturated carbocycles. The summed E-state index contributed by atoms with van der Waals surface area (Å²) >= 11 is 0. The van der Waals surface area contributed by atoms with Gasteiger partial charge in [-0.15, -0.1) is 0 Å². The zero-order chi connectivity index (χ0) is 10.2. The number of rotatable bonds is 2. The molecule has 13 heavy (non-hydrogen) atoms. The van der Waals surface area contributed by atoms with E-state index in [1.807, 2.05) is 0 Å². The number of hydrogen-bond acceptors (Lipinski definition) is 6. The predicted octanol–water partition coefficient (Wildman–Crippen LogP) is -3.13. The highest BCUT2D eigenvalue weighted by Gasteiger charge is 2.47. The molecule has 1 heterocycles. The van der Waals surface area contributed by atoms with Crippen molar-refractivity contribution >= 4 is 5.97 Å². The highest BCUT2D eigenvalue weighted by molar-refractivity contribution is 5.72. The Morgan fingerprint density at radius 3 is 2.08 bits per heavy atom. The second-order valence-corrected chi connectivity index (χ2v) is 2.76. The number of ether oxygens (including phenoxy) is 1. The zero-order valence-electron chi connectivity index (χ0n) is 6.44. The summed E-state index contributed by atoms with van der Waals surface area (Å²) in [5.74, 6) is -1.59. The predicted molar refractivity (Wildman–Crippen MR) is 36.5 cm³/mol. The van der Waals surface area contributed by atoms with E-state index in [1.165, 1.54) is 0 Å². The molecule has 7 heteroatoms. The van der Waals surface area contributed by atoms with E-state index < -0.39 is 36.7 Å². The fourth-order valence-corrected chi connectivity index (χ4v) is 1.09. The van der Waals surface area contributed by atoms with Crippen LogP contribution in [0.15, 0.2) is 0 Å². The van der Waals surface area contributed by atoms with E-state index >= 15 is 0 Å². The molecule has 0 radical (unpaired) electrons. The SMILES string of the molecule is O=C(O)[C@@H](O)[C@@H]1O[C@@H](O)[C@@H](O)[C@@H]1O. The Morgan fingerprint density at radius 2 is 1.77 bits per heavy atom. The second-order valence-electron chi connectivity index (χ2n) is 2.76. The van der Waals surface area contributed by atoms with Crippen LogP contribution in [0.4, 0.5) is 0 Å². The Bertz CT molecular complexity index is 205. The average Bonchev–Trinajstić information content (AvgIpc) is 2.31. The summed E-state index contributed by atoms with van der Waals surface area (Å²) in [4.78, 5) is 10.2. The number of carbonyl (C=O) groups is 1. The van der Waals surface area contributed by atoms with Crippen LogP contribution < -0.4 is 0 Å². The number of carboxylic acids is 1. The van der Waals surface area contributed by atoms with Crippen molar-refractivity contribution in [3.8, 4) is 0 Å². The molecule has 0 aromatic carbocycles. The number of carboxylic acid groups (broad SMARTS) is 1. The van der Waals surface area contributed by atoms with E-state index in [0.29, 0.717) is 0 Å². The van der Waals surface area contributed by atoms with Gasteiger partial charge >= 0.3 is 5.97 Å². The zero-order valence-corrected chi connectivity index (χ0v) is 6.44. The third-order valence-electron chi connectivity index (χ3n) is 1.84. The van der Waals surface area contributed by atoms with Gasteiger partial charge in [0.2, 0.25) is 0 Å². The molecule has 5 N–H and O–H groups in total. The van der Waals surface area contributed by atoms with Crippen LogP contribution in [0.2, 0.25) is 0 Å². The molecular formula is C6H10O7. The van der Waals surface area contributed by atoms with Crippen molar-refractivity contribution in [3.63, 3.8) is 0 Å². The molecule has 1 saturated heterocycles. The smallest absolute Gasteiger partial charge is 0.335 e. The largest absolute Gasteiger partial charge is 0.479 e. The monoisotopic (exact) mass is 194 g/mol. The van der Waals surface area contributed by atoms with E-state index in [-0.39, 0.29) is 0 Å². The molecule has 7 nitrogen and oxygen atoms in total. The van der Waals surface area contributed by atoms with Crippen molar-refractivity contribution < 1.29 is 35.1 Å². The van der Waals surface area contributed by atoms with Gasteiger partial charge in [0.15, 0.2) is 12.4 Å². The number of aliphatic hydroxyl groups excluding tert-OH is 4. The Hall–Kier alpha value is -0.730. The third kappa shape index (κ3) is 1.79. The van der Waals surface area contributed by atoms with Crippen LogP contribution >= 0.6 is 0 Å². The minimum absolute atomic E-state index is 1.51. The third-order valence-corrected chi connectivity index (χ3v) is 1.84. The fourth-order valence-electron chi connectivity index (χ4n) is 1.09. The van der Waals surface area contributed by atoms with Gasteiger partial charge in [-0.25, -0.2) is 4.79 Å². The Labute approximate surface area is 72.8 Å². The molecule has 0 amide bonds. The standard InChI is InChI=1S/C6H10O7/c7-1-2(8)6(12)13-4(1)3(9)5(10)11/h1-4,6-9,12H,(H,10,11)/t1-,2-,3-,4+,6+/m0/s1. The van der Waals surface area contributed by atoms with Crippen molar-refractivity contribution in [2.45, 2.75) is 30.7 Å². The van der Waals surface area contributed by atoms with Crippen LogP contribution in [0, 0.1) is 0 Å². The Kier molecular flexibility index (Phi) is 2.84. The van der Waals surface area contributed by atoms with Crippen molar-refractivity contribution in [1.82, 2.24) is 0 Å².